The molecule has 2 N–H and O–H groups in total. The number of nitrogens with two attached hydrogens (primary N) is 1. The predicted octanol–water partition coefficient (Wildman–Crippen LogP) is 2.93. The quantitative estimate of drug-likeness (QED) is 0.829. The molecule has 0 saturated carbocycles. The Hall–Kier alpha value is -2.46. The Morgan fingerprint density at radius 2 is 1.64 bits per heavy atom. The second-order valence-electron chi connectivity index (χ2n) is 6.37. The van der Waals surface area contributed by atoms with Crippen LogP contribution in [0.4, 0.5) is 18.9 Å². The first-order chi connectivity index (χ1) is 13.0. The van der Waals surface area contributed by atoms with Gasteiger partial charge in [0.25, 0.3) is 0 Å². The maximum atomic E-state index is 13.6. The van der Waals surface area contributed by atoms with Crippen LogP contribution >= 0.6 is 0 Å². The predicted molar refractivity (Wildman–Crippen MR) is 97.1 cm³/mol. The van der Waals surface area contributed by atoms with Crippen LogP contribution in [0.15, 0.2) is 35.2 Å². The molecule has 1 aliphatic heterocycles. The minimum absolute atomic E-state index is 0.0969. The van der Waals surface area contributed by atoms with Crippen molar-refractivity contribution >= 4 is 15.7 Å². The minimum atomic E-state index is -4.73. The summed E-state index contributed by atoms with van der Waals surface area (Å²) >= 11 is 0. The van der Waals surface area contributed by atoms with Crippen molar-refractivity contribution in [3.8, 4) is 11.5 Å². The van der Waals surface area contributed by atoms with Gasteiger partial charge in [-0.15, -0.1) is 0 Å². The molecule has 0 spiro atoms. The van der Waals surface area contributed by atoms with Gasteiger partial charge in [0.2, 0.25) is 10.0 Å². The number of fused-ring (bicyclic) bond motifs is 1. The van der Waals surface area contributed by atoms with Gasteiger partial charge in [-0.3, -0.25) is 0 Å². The summed E-state index contributed by atoms with van der Waals surface area (Å²) < 4.78 is 74.2. The molecule has 10 heteroatoms. The molecule has 6 nitrogen and oxygen atoms in total. The van der Waals surface area contributed by atoms with Gasteiger partial charge < -0.3 is 14.4 Å². The standard InChI is InChI=1S/C18H19F3N2O4S/c1-26-16-7-11-5-6-23(10-12(11)8-17(16)27-2)15-4-3-13(28(22,24)25)9-14(15)18(19,20)21/h3-4,7-9H,5-6,10H2,1-2H3,(H2,22,24,25). The van der Waals surface area contributed by atoms with Crippen LogP contribution in [0.2, 0.25) is 0 Å². The molecule has 1 aliphatic rings. The zero-order valence-corrected chi connectivity index (χ0v) is 16.0. The fourth-order valence-electron chi connectivity index (χ4n) is 3.28. The third kappa shape index (κ3) is 3.88. The van der Waals surface area contributed by atoms with Crippen molar-refractivity contribution < 1.29 is 31.1 Å². The number of halogens is 3. The molecular weight excluding hydrogens is 397 g/mol. The molecule has 0 amide bonds. The van der Waals surface area contributed by atoms with E-state index in [-0.39, 0.29) is 12.2 Å². The summed E-state index contributed by atoms with van der Waals surface area (Å²) in [5.74, 6) is 1.05. The van der Waals surface area contributed by atoms with E-state index >= 15 is 0 Å². The number of benzene rings is 2. The van der Waals surface area contributed by atoms with Crippen LogP contribution in [-0.2, 0) is 29.2 Å². The van der Waals surface area contributed by atoms with E-state index in [0.29, 0.717) is 30.5 Å². The molecule has 2 aromatic carbocycles. The van der Waals surface area contributed by atoms with E-state index in [9.17, 15) is 21.6 Å². The van der Waals surface area contributed by atoms with Crippen LogP contribution in [0, 0.1) is 0 Å². The average molecular weight is 416 g/mol. The molecule has 0 atom stereocenters. The van der Waals surface area contributed by atoms with Gasteiger partial charge in [-0.25, -0.2) is 13.6 Å². The Kier molecular flexibility index (Phi) is 5.20. The number of alkyl halides is 3. The van der Waals surface area contributed by atoms with Gasteiger partial charge in [0.1, 0.15) is 0 Å². The van der Waals surface area contributed by atoms with E-state index in [4.69, 9.17) is 14.6 Å². The Bertz CT molecular complexity index is 1010. The van der Waals surface area contributed by atoms with Gasteiger partial charge >= 0.3 is 6.18 Å². The first-order valence-electron chi connectivity index (χ1n) is 8.27. The van der Waals surface area contributed by atoms with E-state index in [2.05, 4.69) is 0 Å². The highest BCUT2D eigenvalue weighted by atomic mass is 32.2. The molecule has 0 unspecified atom stereocenters. The van der Waals surface area contributed by atoms with Crippen LogP contribution < -0.4 is 19.5 Å². The van der Waals surface area contributed by atoms with E-state index in [1.54, 1.807) is 11.0 Å². The SMILES string of the molecule is COc1cc2c(cc1OC)CN(c1ccc(S(N)(=O)=O)cc1C(F)(F)F)CC2. The van der Waals surface area contributed by atoms with E-state index in [0.717, 1.165) is 23.3 Å². The highest BCUT2D eigenvalue weighted by Gasteiger charge is 2.36. The van der Waals surface area contributed by atoms with Gasteiger partial charge in [-0.2, -0.15) is 13.2 Å². The highest BCUT2D eigenvalue weighted by Crippen LogP contribution is 2.40. The number of hydrogen-bond acceptors (Lipinski definition) is 5. The van der Waals surface area contributed by atoms with Gasteiger partial charge in [0, 0.05) is 18.8 Å². The van der Waals surface area contributed by atoms with Crippen molar-refractivity contribution in [2.75, 3.05) is 25.7 Å². The summed E-state index contributed by atoms with van der Waals surface area (Å²) in [7, 11) is -1.25. The van der Waals surface area contributed by atoms with Crippen molar-refractivity contribution in [2.24, 2.45) is 5.14 Å². The third-order valence-corrected chi connectivity index (χ3v) is 5.57. The minimum Gasteiger partial charge on any atom is -0.493 e. The lowest BCUT2D eigenvalue weighted by atomic mass is 9.97. The van der Waals surface area contributed by atoms with E-state index in [1.807, 2.05) is 6.07 Å². The van der Waals surface area contributed by atoms with Crippen LogP contribution in [0.1, 0.15) is 16.7 Å². The smallest absolute Gasteiger partial charge is 0.418 e. The largest absolute Gasteiger partial charge is 0.493 e. The summed E-state index contributed by atoms with van der Waals surface area (Å²) in [4.78, 5) is 0.983. The highest BCUT2D eigenvalue weighted by molar-refractivity contribution is 7.89. The monoisotopic (exact) mass is 416 g/mol. The first kappa shape index (κ1) is 20.3. The lowest BCUT2D eigenvalue weighted by molar-refractivity contribution is -0.137. The molecule has 0 bridgehead atoms. The zero-order chi connectivity index (χ0) is 20.7. The molecule has 152 valence electrons. The second-order valence-corrected chi connectivity index (χ2v) is 7.93. The van der Waals surface area contributed by atoms with Crippen LogP contribution in [-0.4, -0.2) is 29.2 Å². The number of sulfonamides is 1. The average Bonchev–Trinajstić information content (AvgIpc) is 2.64. The molecular formula is C18H19F3N2O4S. The Morgan fingerprint density at radius 1 is 1.04 bits per heavy atom. The van der Waals surface area contributed by atoms with Crippen LogP contribution in [0.3, 0.4) is 0 Å². The molecule has 0 aromatic heterocycles. The maximum Gasteiger partial charge on any atom is 0.418 e. The number of hydrogen-bond donors (Lipinski definition) is 1. The number of methoxy groups -OCH3 is 2. The van der Waals surface area contributed by atoms with Crippen molar-refractivity contribution in [1.29, 1.82) is 0 Å². The number of anilines is 1. The third-order valence-electron chi connectivity index (χ3n) is 4.66. The van der Waals surface area contributed by atoms with Gasteiger partial charge in [-0.05, 0) is 47.9 Å². The summed E-state index contributed by atoms with van der Waals surface area (Å²) in [6.07, 6.45) is -4.22. The van der Waals surface area contributed by atoms with Crippen LogP contribution in [0.5, 0.6) is 11.5 Å². The van der Waals surface area contributed by atoms with E-state index < -0.39 is 26.7 Å². The Labute approximate surface area is 160 Å². The first-order valence-corrected chi connectivity index (χ1v) is 9.82. The maximum absolute atomic E-state index is 13.6. The Balaban J connectivity index is 2.04. The summed E-state index contributed by atoms with van der Waals surface area (Å²) in [6, 6.07) is 6.37. The molecule has 2 aromatic rings. The van der Waals surface area contributed by atoms with Crippen molar-refractivity contribution in [1.82, 2.24) is 0 Å². The van der Waals surface area contributed by atoms with Gasteiger partial charge in [0.05, 0.1) is 24.7 Å². The molecule has 1 heterocycles. The summed E-state index contributed by atoms with van der Waals surface area (Å²) in [5, 5.41) is 4.99. The number of ether oxygens (including phenoxy) is 2. The number of nitrogens with zero attached hydrogens (tertiary/aromatic N) is 1. The molecule has 28 heavy (non-hydrogen) atoms. The fourth-order valence-corrected chi connectivity index (χ4v) is 3.82. The zero-order valence-electron chi connectivity index (χ0n) is 15.2. The molecule has 0 aliphatic carbocycles. The van der Waals surface area contributed by atoms with Gasteiger partial charge in [-0.1, -0.05) is 0 Å². The van der Waals surface area contributed by atoms with E-state index in [1.165, 1.54) is 14.2 Å². The van der Waals surface area contributed by atoms with Gasteiger partial charge in [0.15, 0.2) is 11.5 Å². The molecule has 0 fully saturated rings. The summed E-state index contributed by atoms with van der Waals surface area (Å²) in [5.41, 5.74) is 0.638. The van der Waals surface area contributed by atoms with Crippen molar-refractivity contribution in [3.63, 3.8) is 0 Å². The lowest BCUT2D eigenvalue weighted by Crippen LogP contribution is -2.32. The Morgan fingerprint density at radius 3 is 2.18 bits per heavy atom. The van der Waals surface area contributed by atoms with Crippen molar-refractivity contribution in [2.45, 2.75) is 24.0 Å². The molecule has 0 radical (unpaired) electrons. The number of primary sulfonamides is 1. The fraction of sp³-hybridized carbons (Fsp3) is 0.333. The molecule has 0 saturated heterocycles. The normalized spacial score (nSPS) is 14.6. The molecule has 3 rings (SSSR count). The topological polar surface area (TPSA) is 81.9 Å². The summed E-state index contributed by atoms with van der Waals surface area (Å²) in [6.45, 7) is 0.549. The second kappa shape index (κ2) is 7.17. The van der Waals surface area contributed by atoms with Crippen molar-refractivity contribution in [3.05, 3.63) is 47.0 Å². The lowest BCUT2D eigenvalue weighted by Gasteiger charge is -2.33. The number of rotatable bonds is 4. The van der Waals surface area contributed by atoms with Crippen LogP contribution in [0.25, 0.3) is 0 Å².